The number of rotatable bonds is 1. The number of aliphatic hydroxyl groups excluding tert-OH is 1. The molecule has 0 aliphatic heterocycles. The maximum Gasteiger partial charge on any atom is -0.00218 e. The zero-order valence-corrected chi connectivity index (χ0v) is 15.5. The van der Waals surface area contributed by atoms with E-state index in [2.05, 4.69) is 57.2 Å². The van der Waals surface area contributed by atoms with Gasteiger partial charge in [-0.1, -0.05) is 24.3 Å². The summed E-state index contributed by atoms with van der Waals surface area (Å²) in [5.41, 5.74) is 1.25. The van der Waals surface area contributed by atoms with E-state index in [1.807, 2.05) is 18.2 Å². The molecule has 0 heterocycles. The predicted octanol–water partition coefficient (Wildman–Crippen LogP) is 5.30. The molecule has 0 saturated heterocycles. The number of benzene rings is 1. The third-order valence-electron chi connectivity index (χ3n) is 1.84. The van der Waals surface area contributed by atoms with Crippen molar-refractivity contribution in [2.24, 2.45) is 0 Å². The van der Waals surface area contributed by atoms with Gasteiger partial charge >= 0.3 is 35.6 Å². The third-order valence-corrected chi connectivity index (χ3v) is 1.84. The van der Waals surface area contributed by atoms with E-state index >= 15 is 0 Å². The van der Waals surface area contributed by atoms with Crippen LogP contribution in [0.25, 0.3) is 0 Å². The summed E-state index contributed by atoms with van der Waals surface area (Å²) in [6, 6.07) is 11.3. The first-order valence-corrected chi connectivity index (χ1v) is 10.4. The maximum atomic E-state index is 7.00. The minimum Gasteiger partial charge on any atom is -0.179 e. The van der Waals surface area contributed by atoms with Crippen molar-refractivity contribution in [2.45, 2.75) is 26.7 Å². The Morgan fingerprint density at radius 1 is 1.10 bits per heavy atom. The fourth-order valence-electron chi connectivity index (χ4n) is 1.25. The SMILES string of the molecule is CO.C[C-](C)C.[Cl][Ti][Cl].[c-]1ccccc1C1C=CC=C1. The van der Waals surface area contributed by atoms with Gasteiger partial charge in [0.25, 0.3) is 0 Å². The Balaban J connectivity index is 0. The first-order chi connectivity index (χ1) is 9.61. The Hall–Kier alpha value is -0.0457. The molecule has 0 atom stereocenters. The molecular weight excluding hydrogens is 327 g/mol. The van der Waals surface area contributed by atoms with Gasteiger partial charge in [0.2, 0.25) is 0 Å². The van der Waals surface area contributed by atoms with E-state index in [-0.39, 0.29) is 0 Å². The predicted molar refractivity (Wildman–Crippen MR) is 86.4 cm³/mol. The summed E-state index contributed by atoms with van der Waals surface area (Å²) >= 11 is -0.556. The second kappa shape index (κ2) is 17.0. The van der Waals surface area contributed by atoms with Crippen LogP contribution in [0, 0.1) is 12.0 Å². The van der Waals surface area contributed by atoms with Gasteiger partial charge in [0, 0.05) is 7.11 Å². The van der Waals surface area contributed by atoms with Crippen molar-refractivity contribution in [1.29, 1.82) is 0 Å². The molecule has 0 spiro atoms. The minimum absolute atomic E-state index is 0.455. The Labute approximate surface area is 140 Å². The van der Waals surface area contributed by atoms with E-state index in [4.69, 9.17) is 23.7 Å². The molecular formula is C16H22Cl2OTi-2. The normalized spacial score (nSPS) is 11.6. The van der Waals surface area contributed by atoms with Gasteiger partial charge in [-0.25, -0.2) is 0 Å². The van der Waals surface area contributed by atoms with Gasteiger partial charge in [-0.3, -0.25) is 0 Å². The molecule has 1 aromatic carbocycles. The van der Waals surface area contributed by atoms with Crippen molar-refractivity contribution in [3.63, 3.8) is 0 Å². The van der Waals surface area contributed by atoms with Crippen molar-refractivity contribution in [3.8, 4) is 0 Å². The van der Waals surface area contributed by atoms with E-state index in [9.17, 15) is 0 Å². The van der Waals surface area contributed by atoms with E-state index in [0.717, 1.165) is 7.11 Å². The van der Waals surface area contributed by atoms with Crippen LogP contribution in [0.15, 0.2) is 48.6 Å². The minimum atomic E-state index is -0.556. The van der Waals surface area contributed by atoms with Gasteiger partial charge in [-0.15, -0.1) is 0 Å². The van der Waals surface area contributed by atoms with Crippen molar-refractivity contribution in [1.82, 2.24) is 0 Å². The fraction of sp³-hybridized carbons (Fsp3) is 0.312. The average molecular weight is 349 g/mol. The van der Waals surface area contributed by atoms with E-state index in [1.54, 1.807) is 0 Å². The Morgan fingerprint density at radius 2 is 1.55 bits per heavy atom. The van der Waals surface area contributed by atoms with Crippen LogP contribution in [-0.4, -0.2) is 12.2 Å². The van der Waals surface area contributed by atoms with Gasteiger partial charge in [-0.05, 0) is 5.92 Å². The summed E-state index contributed by atoms with van der Waals surface area (Å²) in [6.45, 7) is 6.25. The molecule has 0 unspecified atom stereocenters. The van der Waals surface area contributed by atoms with Crippen molar-refractivity contribution < 1.29 is 22.1 Å². The van der Waals surface area contributed by atoms with Gasteiger partial charge in [0.05, 0.1) is 0 Å². The third kappa shape index (κ3) is 14.4. The number of hydrogen-bond donors (Lipinski definition) is 1. The number of aliphatic hydroxyl groups is 1. The smallest absolute Gasteiger partial charge is 0.00218 e. The van der Waals surface area contributed by atoms with Crippen LogP contribution in [0.5, 0.6) is 0 Å². The number of halogens is 2. The molecule has 0 fully saturated rings. The fourth-order valence-corrected chi connectivity index (χ4v) is 1.25. The summed E-state index contributed by atoms with van der Waals surface area (Å²) in [4.78, 5) is 0. The molecule has 0 aromatic heterocycles. The van der Waals surface area contributed by atoms with Crippen molar-refractivity contribution in [3.05, 3.63) is 66.1 Å². The van der Waals surface area contributed by atoms with Crippen molar-refractivity contribution in [2.75, 3.05) is 7.11 Å². The summed E-state index contributed by atoms with van der Waals surface area (Å²) in [5.74, 6) is 1.87. The van der Waals surface area contributed by atoms with Crippen LogP contribution >= 0.6 is 18.6 Å². The van der Waals surface area contributed by atoms with Crippen molar-refractivity contribution >= 4 is 18.6 Å². The maximum absolute atomic E-state index is 7.00. The average Bonchev–Trinajstić information content (AvgIpc) is 2.96. The largest absolute Gasteiger partial charge is 0.179 e. The first-order valence-electron chi connectivity index (χ1n) is 6.11. The second-order valence-electron chi connectivity index (χ2n) is 4.18. The molecule has 0 amide bonds. The zero-order valence-electron chi connectivity index (χ0n) is 12.4. The summed E-state index contributed by atoms with van der Waals surface area (Å²) in [7, 11) is 10.8. The molecule has 20 heavy (non-hydrogen) atoms. The van der Waals surface area contributed by atoms with E-state index in [0.29, 0.717) is 5.92 Å². The standard InChI is InChI=1S/C11H9.C4H9.CH4O.2ClH.Ti/c1-2-6-10(7-3-1)11-8-4-5-9-11;1-4(2)3;1-2;;;/h1-6,8-9,11H;1-3H3;2H,1H3;2*1H;/q2*-1;;;;+2/p-2. The molecule has 0 bridgehead atoms. The summed E-state index contributed by atoms with van der Waals surface area (Å²) in [5, 5.41) is 7.00. The quantitative estimate of drug-likeness (QED) is 0.539. The number of hydrogen-bond acceptors (Lipinski definition) is 1. The van der Waals surface area contributed by atoms with Gasteiger partial charge in [-0.2, -0.15) is 56.7 Å². The topological polar surface area (TPSA) is 20.2 Å². The van der Waals surface area contributed by atoms with Crippen LogP contribution in [-0.2, 0) is 17.0 Å². The molecule has 2 rings (SSSR count). The van der Waals surface area contributed by atoms with Crippen LogP contribution in [0.4, 0.5) is 0 Å². The Bertz CT molecular complexity index is 336. The zero-order chi connectivity index (χ0) is 15.8. The van der Waals surface area contributed by atoms with Gasteiger partial charge in [0.1, 0.15) is 0 Å². The molecule has 1 aliphatic rings. The Kier molecular flexibility index (Phi) is 18.9. The molecule has 1 aliphatic carbocycles. The molecule has 0 saturated carbocycles. The molecule has 0 radical (unpaired) electrons. The van der Waals surface area contributed by atoms with Gasteiger partial charge < -0.3 is 11.0 Å². The number of allylic oxidation sites excluding steroid dienone is 4. The monoisotopic (exact) mass is 348 g/mol. The van der Waals surface area contributed by atoms with E-state index in [1.165, 1.54) is 11.5 Å². The molecule has 1 aromatic rings. The van der Waals surface area contributed by atoms with E-state index < -0.39 is 17.0 Å². The molecule has 4 heteroatoms. The second-order valence-corrected chi connectivity index (χ2v) is 6.76. The first kappa shape index (κ1) is 22.2. The molecule has 1 N–H and O–H groups in total. The molecule has 1 nitrogen and oxygen atoms in total. The Morgan fingerprint density at radius 3 is 1.90 bits per heavy atom. The van der Waals surface area contributed by atoms with Gasteiger partial charge in [0.15, 0.2) is 0 Å². The summed E-state index contributed by atoms with van der Waals surface area (Å²) < 4.78 is 0. The van der Waals surface area contributed by atoms with Crippen LogP contribution in [0.3, 0.4) is 0 Å². The van der Waals surface area contributed by atoms with Crippen LogP contribution in [0.1, 0.15) is 32.3 Å². The summed E-state index contributed by atoms with van der Waals surface area (Å²) in [6.07, 6.45) is 8.49. The van der Waals surface area contributed by atoms with Crippen LogP contribution < -0.4 is 0 Å². The molecule has 112 valence electrons. The van der Waals surface area contributed by atoms with Crippen LogP contribution in [0.2, 0.25) is 0 Å².